The molecule has 2 rings (SSSR count). The zero-order chi connectivity index (χ0) is 26.6. The predicted molar refractivity (Wildman–Crippen MR) is 139 cm³/mol. The van der Waals surface area contributed by atoms with Crippen LogP contribution in [-0.4, -0.2) is 39.3 Å². The molecule has 0 aliphatic heterocycles. The van der Waals surface area contributed by atoms with E-state index in [4.69, 9.17) is 0 Å². The van der Waals surface area contributed by atoms with Gasteiger partial charge < -0.3 is 9.64 Å². The lowest BCUT2D eigenvalue weighted by Gasteiger charge is -2.25. The number of alkyl halides is 3. The van der Waals surface area contributed by atoms with Crippen molar-refractivity contribution in [1.29, 1.82) is 0 Å². The molecule has 0 atom stereocenters. The highest BCUT2D eigenvalue weighted by atomic mass is 32.2. The lowest BCUT2D eigenvalue weighted by Crippen LogP contribution is -2.29. The van der Waals surface area contributed by atoms with E-state index in [1.807, 2.05) is 24.3 Å². The summed E-state index contributed by atoms with van der Waals surface area (Å²) in [4.78, 5) is 2.49. The fourth-order valence-corrected chi connectivity index (χ4v) is 5.86. The summed E-state index contributed by atoms with van der Waals surface area (Å²) in [5, 5.41) is 0. The van der Waals surface area contributed by atoms with Crippen LogP contribution in [-0.2, 0) is 22.0 Å². The predicted octanol–water partition coefficient (Wildman–Crippen LogP) is 7.42. The molecule has 0 aliphatic rings. The van der Waals surface area contributed by atoms with Crippen LogP contribution in [0.2, 0.25) is 0 Å². The Morgan fingerprint density at radius 1 is 0.778 bits per heavy atom. The van der Waals surface area contributed by atoms with Gasteiger partial charge in [-0.15, -0.1) is 13.2 Å². The molecule has 0 unspecified atom stereocenters. The first-order valence-corrected chi connectivity index (χ1v) is 14.6. The zero-order valence-electron chi connectivity index (χ0n) is 21.7. The molecule has 2 aromatic carbocycles. The van der Waals surface area contributed by atoms with Gasteiger partial charge in [0.15, 0.2) is 9.84 Å². The monoisotopic (exact) mass is 527 g/mol. The first-order valence-electron chi connectivity index (χ1n) is 12.9. The van der Waals surface area contributed by atoms with Crippen LogP contribution < -0.4 is 4.74 Å². The number of sulfone groups is 1. The van der Waals surface area contributed by atoms with Crippen molar-refractivity contribution in [3.05, 3.63) is 59.7 Å². The molecule has 202 valence electrons. The van der Waals surface area contributed by atoms with Crippen LogP contribution in [0, 0.1) is 5.92 Å². The Morgan fingerprint density at radius 2 is 1.36 bits per heavy atom. The van der Waals surface area contributed by atoms with Crippen molar-refractivity contribution in [3.63, 3.8) is 0 Å². The van der Waals surface area contributed by atoms with E-state index in [9.17, 15) is 21.6 Å². The number of hydrogen-bond acceptors (Lipinski definition) is 4. The molecule has 0 N–H and O–H groups in total. The van der Waals surface area contributed by atoms with Gasteiger partial charge in [0.05, 0.1) is 10.6 Å². The van der Waals surface area contributed by atoms with Crippen molar-refractivity contribution in [3.8, 4) is 5.75 Å². The minimum Gasteiger partial charge on any atom is -0.406 e. The first kappa shape index (κ1) is 30.2. The van der Waals surface area contributed by atoms with E-state index in [-0.39, 0.29) is 10.6 Å². The van der Waals surface area contributed by atoms with Gasteiger partial charge in [-0.05, 0) is 73.7 Å². The van der Waals surface area contributed by atoms with E-state index >= 15 is 0 Å². The highest BCUT2D eigenvalue weighted by Crippen LogP contribution is 2.25. The molecular formula is C28H40F3NO3S. The van der Waals surface area contributed by atoms with Crippen LogP contribution in [0.5, 0.6) is 5.75 Å². The van der Waals surface area contributed by atoms with Gasteiger partial charge >= 0.3 is 6.36 Å². The second-order valence-electron chi connectivity index (χ2n) is 9.42. The van der Waals surface area contributed by atoms with Crippen molar-refractivity contribution in [2.24, 2.45) is 5.92 Å². The molecule has 2 aromatic rings. The molecule has 36 heavy (non-hydrogen) atoms. The van der Waals surface area contributed by atoms with E-state index in [1.165, 1.54) is 32.1 Å². The van der Waals surface area contributed by atoms with Crippen molar-refractivity contribution in [2.45, 2.75) is 82.7 Å². The number of nitrogens with zero attached hydrogens (tertiary/aromatic N) is 1. The molecular weight excluding hydrogens is 487 g/mol. The summed E-state index contributed by atoms with van der Waals surface area (Å²) < 4.78 is 66.2. The summed E-state index contributed by atoms with van der Waals surface area (Å²) in [6.07, 6.45) is 3.50. The Balaban J connectivity index is 1.92. The Hall–Kier alpha value is -2.06. The summed E-state index contributed by atoms with van der Waals surface area (Å²) in [7, 11) is -3.69. The third-order valence-electron chi connectivity index (χ3n) is 6.30. The largest absolute Gasteiger partial charge is 0.573 e. The second-order valence-corrected chi connectivity index (χ2v) is 11.4. The molecule has 0 aromatic heterocycles. The smallest absolute Gasteiger partial charge is 0.406 e. The molecule has 0 amide bonds. The minimum absolute atomic E-state index is 0.0410. The zero-order valence-corrected chi connectivity index (χ0v) is 22.5. The molecule has 0 saturated carbocycles. The molecule has 0 radical (unpaired) electrons. The van der Waals surface area contributed by atoms with Crippen molar-refractivity contribution < 1.29 is 26.3 Å². The number of rotatable bonds is 16. The molecule has 0 saturated heterocycles. The number of benzene rings is 2. The van der Waals surface area contributed by atoms with Gasteiger partial charge in [-0.25, -0.2) is 8.42 Å². The van der Waals surface area contributed by atoms with Crippen LogP contribution in [0.25, 0.3) is 0 Å². The lowest BCUT2D eigenvalue weighted by atomic mass is 9.94. The van der Waals surface area contributed by atoms with Crippen molar-refractivity contribution in [1.82, 2.24) is 4.90 Å². The van der Waals surface area contributed by atoms with Crippen LogP contribution in [0.15, 0.2) is 53.4 Å². The third-order valence-corrected chi connectivity index (χ3v) is 8.00. The minimum atomic E-state index is -4.82. The van der Waals surface area contributed by atoms with Crippen LogP contribution >= 0.6 is 0 Å². The maximum atomic E-state index is 12.7. The Morgan fingerprint density at radius 3 is 1.89 bits per heavy atom. The van der Waals surface area contributed by atoms with E-state index in [0.29, 0.717) is 5.56 Å². The van der Waals surface area contributed by atoms with Gasteiger partial charge in [-0.1, -0.05) is 70.7 Å². The highest BCUT2D eigenvalue weighted by molar-refractivity contribution is 7.90. The Labute approximate surface area is 214 Å². The van der Waals surface area contributed by atoms with Gasteiger partial charge in [-0.3, -0.25) is 0 Å². The van der Waals surface area contributed by atoms with Crippen molar-refractivity contribution >= 4 is 9.84 Å². The first-order chi connectivity index (χ1) is 17.1. The summed E-state index contributed by atoms with van der Waals surface area (Å²) in [6, 6.07) is 11.9. The summed E-state index contributed by atoms with van der Waals surface area (Å²) in [6.45, 7) is 9.88. The summed E-state index contributed by atoms with van der Waals surface area (Å²) in [5.41, 5.74) is 1.80. The van der Waals surface area contributed by atoms with Crippen LogP contribution in [0.1, 0.15) is 70.4 Å². The molecule has 8 heteroatoms. The van der Waals surface area contributed by atoms with Gasteiger partial charge in [0, 0.05) is 6.54 Å². The van der Waals surface area contributed by atoms with E-state index in [0.717, 1.165) is 68.2 Å². The number of ether oxygens (including phenoxy) is 1. The van der Waals surface area contributed by atoms with Crippen molar-refractivity contribution in [2.75, 3.05) is 19.6 Å². The van der Waals surface area contributed by atoms with Gasteiger partial charge in [0.2, 0.25) is 0 Å². The number of hydrogen-bond donors (Lipinski definition) is 0. The maximum Gasteiger partial charge on any atom is 0.573 e. The Kier molecular flexibility index (Phi) is 12.3. The summed E-state index contributed by atoms with van der Waals surface area (Å²) >= 11 is 0. The lowest BCUT2D eigenvalue weighted by molar-refractivity contribution is -0.274. The highest BCUT2D eigenvalue weighted by Gasteiger charge is 2.31. The van der Waals surface area contributed by atoms with E-state index in [1.54, 1.807) is 0 Å². The molecule has 4 nitrogen and oxygen atoms in total. The van der Waals surface area contributed by atoms with E-state index < -0.39 is 21.9 Å². The normalized spacial score (nSPS) is 12.4. The van der Waals surface area contributed by atoms with Gasteiger partial charge in [0.1, 0.15) is 5.75 Å². The maximum absolute atomic E-state index is 12.7. The second kappa shape index (κ2) is 14.6. The Bertz CT molecular complexity index is 984. The fraction of sp³-hybridized carbons (Fsp3) is 0.571. The molecule has 0 bridgehead atoms. The van der Waals surface area contributed by atoms with E-state index in [2.05, 4.69) is 30.4 Å². The summed E-state index contributed by atoms with van der Waals surface area (Å²) in [5.74, 6) is 0.133. The molecule has 0 heterocycles. The number of halogens is 3. The standard InChI is InChI=1S/C28H40F3NO3S/c1-4-7-23(8-5-2)17-20-32(19-6-3)21-18-24-9-11-25(12-10-24)22-36(33,34)27-15-13-26(14-16-27)35-28(29,30)31/h9-16,23H,4-8,17-22H2,1-3H3. The van der Waals surface area contributed by atoms with Gasteiger partial charge in [-0.2, -0.15) is 0 Å². The molecule has 0 fully saturated rings. The average molecular weight is 528 g/mol. The average Bonchev–Trinajstić information content (AvgIpc) is 2.81. The molecule has 0 aliphatic carbocycles. The fourth-order valence-electron chi connectivity index (χ4n) is 4.51. The quantitative estimate of drug-likeness (QED) is 0.228. The van der Waals surface area contributed by atoms with Crippen LogP contribution in [0.3, 0.4) is 0 Å². The van der Waals surface area contributed by atoms with Crippen LogP contribution in [0.4, 0.5) is 13.2 Å². The SMILES string of the molecule is CCCC(CCC)CCN(CCC)CCc1ccc(CS(=O)(=O)c2ccc(OC(F)(F)F)cc2)cc1. The third kappa shape index (κ3) is 10.9. The topological polar surface area (TPSA) is 46.6 Å². The van der Waals surface area contributed by atoms with Gasteiger partial charge in [0.25, 0.3) is 0 Å². The molecule has 0 spiro atoms.